The Morgan fingerprint density at radius 1 is 0.526 bits per heavy atom. The molecule has 0 bridgehead atoms. The van der Waals surface area contributed by atoms with E-state index in [1.54, 1.807) is 0 Å². The Labute approximate surface area is 138 Å². The molecule has 0 rings (SSSR count). The molecule has 116 valence electrons. The Balaban J connectivity index is 2.95. The molecule has 0 N–H and O–H groups in total. The number of ether oxygens (including phenoxy) is 3. The van der Waals surface area contributed by atoms with Crippen molar-refractivity contribution in [1.82, 2.24) is 7.42 Å². The van der Waals surface area contributed by atoms with Gasteiger partial charge in [0.2, 0.25) is 0 Å². The first-order valence-corrected chi connectivity index (χ1v) is 7.76. The van der Waals surface area contributed by atoms with Gasteiger partial charge in [-0.3, -0.25) is 0 Å². The maximum Gasteiger partial charge on any atom is 0.0701 e. The summed E-state index contributed by atoms with van der Waals surface area (Å²) >= 11 is 16.0. The monoisotopic (exact) mass is 348 g/mol. The van der Waals surface area contributed by atoms with Gasteiger partial charge in [-0.25, -0.2) is 0 Å². The van der Waals surface area contributed by atoms with Crippen LogP contribution in [0.3, 0.4) is 0 Å². The molecule has 0 saturated carbocycles. The fraction of sp³-hybridized carbons (Fsp3) is 1.00. The second-order valence-corrected chi connectivity index (χ2v) is 6.30. The first-order valence-electron chi connectivity index (χ1n) is 6.16. The van der Waals surface area contributed by atoms with Crippen LogP contribution in [0.15, 0.2) is 0 Å². The van der Waals surface area contributed by atoms with Gasteiger partial charge in [-0.2, -0.15) is 7.42 Å². The lowest BCUT2D eigenvalue weighted by molar-refractivity contribution is 0.0136. The summed E-state index contributed by atoms with van der Waals surface area (Å²) in [7, 11) is 0. The summed E-state index contributed by atoms with van der Waals surface area (Å²) in [5, 5.41) is 0. The molecule has 0 aromatic carbocycles. The summed E-state index contributed by atoms with van der Waals surface area (Å²) < 4.78 is 19.2. The van der Waals surface area contributed by atoms with E-state index in [1.807, 2.05) is 0 Å². The van der Waals surface area contributed by atoms with Gasteiger partial charge in [-0.1, -0.05) is 51.3 Å². The normalized spacial score (nSPS) is 11.7. The Morgan fingerprint density at radius 2 is 0.842 bits per heavy atom. The molecule has 5 nitrogen and oxygen atoms in total. The minimum atomic E-state index is 0.593. The number of hydrogen-bond acceptors (Lipinski definition) is 9. The second-order valence-electron chi connectivity index (χ2n) is 3.74. The van der Waals surface area contributed by atoms with Crippen LogP contribution < -0.4 is 0 Å². The van der Waals surface area contributed by atoms with Crippen molar-refractivity contribution >= 4 is 51.3 Å². The highest BCUT2D eigenvalue weighted by molar-refractivity contribution is 7.93. The van der Waals surface area contributed by atoms with Crippen LogP contribution in [0, 0.1) is 0 Å². The van der Waals surface area contributed by atoms with Gasteiger partial charge in [0, 0.05) is 26.3 Å². The Hall–Kier alpha value is 1.20. The van der Waals surface area contributed by atoms with Crippen LogP contribution in [-0.2, 0) is 14.2 Å². The highest BCUT2D eigenvalue weighted by Crippen LogP contribution is 1.99. The average molecular weight is 349 g/mol. The molecule has 0 aromatic rings. The molecule has 0 spiro atoms. The third-order valence-electron chi connectivity index (χ3n) is 2.04. The number of hydrogen-bond donors (Lipinski definition) is 4. The second kappa shape index (κ2) is 15.6. The Kier molecular flexibility index (Phi) is 16.6. The fourth-order valence-corrected chi connectivity index (χ4v) is 1.72. The molecule has 0 aliphatic carbocycles. The molecule has 0 heterocycles. The standard InChI is InChI=1S/C10H24N2O3S4/c16-11(17)3-1-5-13-7-9-15-10-8-14-6-2-4-12(18)19/h16-19H,1-10H2. The number of thiol groups is 4. The van der Waals surface area contributed by atoms with E-state index in [0.717, 1.165) is 25.9 Å². The van der Waals surface area contributed by atoms with E-state index in [0.29, 0.717) is 39.6 Å². The lowest BCUT2D eigenvalue weighted by Crippen LogP contribution is -2.12. The predicted molar refractivity (Wildman–Crippen MR) is 91.0 cm³/mol. The lowest BCUT2D eigenvalue weighted by atomic mass is 10.5. The van der Waals surface area contributed by atoms with Gasteiger partial charge in [-0.15, -0.1) is 0 Å². The zero-order valence-corrected chi connectivity index (χ0v) is 14.6. The molecular formula is C10H24N2O3S4. The Morgan fingerprint density at radius 3 is 1.16 bits per heavy atom. The molecule has 0 amide bonds. The van der Waals surface area contributed by atoms with Crippen molar-refractivity contribution in [2.45, 2.75) is 12.8 Å². The van der Waals surface area contributed by atoms with Crippen molar-refractivity contribution in [3.63, 3.8) is 0 Å². The molecule has 0 unspecified atom stereocenters. The molecule has 0 saturated heterocycles. The smallest absolute Gasteiger partial charge is 0.0701 e. The van der Waals surface area contributed by atoms with Gasteiger partial charge in [0.1, 0.15) is 0 Å². The van der Waals surface area contributed by atoms with Crippen molar-refractivity contribution in [2.24, 2.45) is 0 Å². The van der Waals surface area contributed by atoms with E-state index in [2.05, 4.69) is 51.3 Å². The van der Waals surface area contributed by atoms with Crippen molar-refractivity contribution in [1.29, 1.82) is 0 Å². The SMILES string of the molecule is SN(S)CCCOCCOCCOCCCN(S)S. The lowest BCUT2D eigenvalue weighted by Gasteiger charge is -2.09. The van der Waals surface area contributed by atoms with Crippen molar-refractivity contribution in [3.05, 3.63) is 0 Å². The largest absolute Gasteiger partial charge is 0.379 e. The van der Waals surface area contributed by atoms with E-state index in [1.165, 1.54) is 7.42 Å². The van der Waals surface area contributed by atoms with Gasteiger partial charge in [0.05, 0.1) is 26.4 Å². The van der Waals surface area contributed by atoms with Gasteiger partial charge in [0.25, 0.3) is 0 Å². The van der Waals surface area contributed by atoms with Gasteiger partial charge in [0.15, 0.2) is 0 Å². The maximum absolute atomic E-state index is 5.37. The summed E-state index contributed by atoms with van der Waals surface area (Å²) in [6.45, 7) is 5.36. The molecule has 0 aliphatic rings. The van der Waals surface area contributed by atoms with Crippen LogP contribution in [0.25, 0.3) is 0 Å². The van der Waals surface area contributed by atoms with Crippen molar-refractivity contribution < 1.29 is 14.2 Å². The minimum absolute atomic E-state index is 0.593. The Bertz CT molecular complexity index is 172. The van der Waals surface area contributed by atoms with E-state index < -0.39 is 0 Å². The van der Waals surface area contributed by atoms with Gasteiger partial charge >= 0.3 is 0 Å². The first-order chi connectivity index (χ1) is 9.13. The summed E-state index contributed by atoms with van der Waals surface area (Å²) in [6, 6.07) is 0. The predicted octanol–water partition coefficient (Wildman–Crippen LogP) is 1.80. The zero-order chi connectivity index (χ0) is 14.3. The molecule has 0 atom stereocenters. The quantitative estimate of drug-likeness (QED) is 0.284. The average Bonchev–Trinajstić information content (AvgIpc) is 2.34. The molecule has 0 aromatic heterocycles. The van der Waals surface area contributed by atoms with E-state index in [4.69, 9.17) is 14.2 Å². The summed E-state index contributed by atoms with van der Waals surface area (Å²) in [6.07, 6.45) is 1.81. The molecule has 0 aliphatic heterocycles. The zero-order valence-electron chi connectivity index (χ0n) is 11.0. The van der Waals surface area contributed by atoms with Crippen LogP contribution in [0.1, 0.15) is 12.8 Å². The summed E-state index contributed by atoms with van der Waals surface area (Å²) in [4.78, 5) is 0. The molecule has 0 fully saturated rings. The van der Waals surface area contributed by atoms with Crippen LogP contribution in [0.2, 0.25) is 0 Å². The van der Waals surface area contributed by atoms with Gasteiger partial charge in [-0.05, 0) is 12.8 Å². The molecular weight excluding hydrogens is 324 g/mol. The number of rotatable bonds is 14. The molecule has 0 radical (unpaired) electrons. The molecule has 19 heavy (non-hydrogen) atoms. The fourth-order valence-electron chi connectivity index (χ4n) is 1.16. The first kappa shape index (κ1) is 20.2. The third-order valence-corrected chi connectivity index (χ3v) is 2.84. The number of nitrogens with zero attached hydrogens (tertiary/aromatic N) is 2. The van der Waals surface area contributed by atoms with E-state index >= 15 is 0 Å². The van der Waals surface area contributed by atoms with Gasteiger partial charge < -0.3 is 14.2 Å². The summed E-state index contributed by atoms with van der Waals surface area (Å²) in [5.41, 5.74) is 0. The minimum Gasteiger partial charge on any atom is -0.379 e. The topological polar surface area (TPSA) is 34.2 Å². The van der Waals surface area contributed by atoms with Crippen LogP contribution >= 0.6 is 51.3 Å². The molecule has 9 heteroatoms. The van der Waals surface area contributed by atoms with Crippen LogP contribution in [-0.4, -0.2) is 60.2 Å². The van der Waals surface area contributed by atoms with E-state index in [9.17, 15) is 0 Å². The van der Waals surface area contributed by atoms with Crippen LogP contribution in [0.5, 0.6) is 0 Å². The van der Waals surface area contributed by atoms with Crippen LogP contribution in [0.4, 0.5) is 0 Å². The highest BCUT2D eigenvalue weighted by atomic mass is 32.2. The maximum atomic E-state index is 5.37. The highest BCUT2D eigenvalue weighted by Gasteiger charge is 1.95. The third kappa shape index (κ3) is 19.2. The van der Waals surface area contributed by atoms with Crippen molar-refractivity contribution in [2.75, 3.05) is 52.7 Å². The van der Waals surface area contributed by atoms with Crippen molar-refractivity contribution in [3.8, 4) is 0 Å². The van der Waals surface area contributed by atoms with E-state index in [-0.39, 0.29) is 0 Å². The summed E-state index contributed by atoms with van der Waals surface area (Å²) in [5.74, 6) is 0.